The number of hydrogen-bond donors (Lipinski definition) is 1. The smallest absolute Gasteiger partial charge is 0.333 e. The summed E-state index contributed by atoms with van der Waals surface area (Å²) in [6, 6.07) is 0.506. The number of nitro groups is 1. The van der Waals surface area contributed by atoms with Gasteiger partial charge in [0.05, 0.1) is 4.92 Å². The molecule has 6 heteroatoms. The third kappa shape index (κ3) is 2.39. The van der Waals surface area contributed by atoms with Gasteiger partial charge in [0.15, 0.2) is 0 Å². The van der Waals surface area contributed by atoms with Crippen molar-refractivity contribution in [2.75, 3.05) is 5.32 Å². The third-order valence-electron chi connectivity index (χ3n) is 4.29. The zero-order valence-electron chi connectivity index (χ0n) is 12.3. The molecule has 0 bridgehead atoms. The molecule has 2 fully saturated rings. The number of rotatable bonds is 6. The van der Waals surface area contributed by atoms with Crippen molar-refractivity contribution in [1.82, 2.24) is 9.78 Å². The Kier molecular flexibility index (Phi) is 3.18. The molecule has 1 aromatic rings. The van der Waals surface area contributed by atoms with E-state index in [1.54, 1.807) is 11.6 Å². The van der Waals surface area contributed by atoms with Gasteiger partial charge in [0.2, 0.25) is 5.82 Å². The summed E-state index contributed by atoms with van der Waals surface area (Å²) in [6.45, 7) is 5.72. The topological polar surface area (TPSA) is 73.0 Å². The Hall–Kier alpha value is -1.59. The van der Waals surface area contributed by atoms with Crippen LogP contribution in [0.3, 0.4) is 0 Å². The highest BCUT2D eigenvalue weighted by molar-refractivity contribution is 5.60. The molecule has 1 N–H and O–H groups in total. The van der Waals surface area contributed by atoms with E-state index in [0.29, 0.717) is 29.4 Å². The normalized spacial score (nSPS) is 18.9. The summed E-state index contributed by atoms with van der Waals surface area (Å²) in [4.78, 5) is 11.0. The van der Waals surface area contributed by atoms with Gasteiger partial charge in [-0.05, 0) is 58.3 Å². The van der Waals surface area contributed by atoms with Crippen LogP contribution >= 0.6 is 0 Å². The Labute approximate surface area is 118 Å². The summed E-state index contributed by atoms with van der Waals surface area (Å²) in [5, 5.41) is 19.2. The summed E-state index contributed by atoms with van der Waals surface area (Å²) in [6.07, 6.45) is 4.99. The van der Waals surface area contributed by atoms with E-state index >= 15 is 0 Å². The predicted molar refractivity (Wildman–Crippen MR) is 76.9 cm³/mol. The summed E-state index contributed by atoms with van der Waals surface area (Å²) in [5.41, 5.74) is 0.640. The molecule has 6 nitrogen and oxygen atoms in total. The van der Waals surface area contributed by atoms with E-state index in [1.807, 2.05) is 13.8 Å². The molecule has 2 saturated carbocycles. The Balaban J connectivity index is 1.94. The lowest BCUT2D eigenvalue weighted by Gasteiger charge is -2.20. The minimum atomic E-state index is -0.305. The average Bonchev–Trinajstić information content (AvgIpc) is 3.23. The average molecular weight is 278 g/mol. The van der Waals surface area contributed by atoms with E-state index < -0.39 is 0 Å². The molecule has 0 saturated heterocycles. The van der Waals surface area contributed by atoms with Gasteiger partial charge in [0.1, 0.15) is 5.69 Å². The maximum Gasteiger partial charge on any atom is 0.333 e. The summed E-state index contributed by atoms with van der Waals surface area (Å²) < 4.78 is 1.77. The van der Waals surface area contributed by atoms with Gasteiger partial charge >= 0.3 is 5.69 Å². The van der Waals surface area contributed by atoms with Crippen molar-refractivity contribution in [3.63, 3.8) is 0 Å². The highest BCUT2D eigenvalue weighted by atomic mass is 16.6. The highest BCUT2D eigenvalue weighted by Crippen LogP contribution is 2.47. The summed E-state index contributed by atoms with van der Waals surface area (Å²) >= 11 is 0. The molecule has 0 radical (unpaired) electrons. The number of nitrogens with zero attached hydrogens (tertiary/aromatic N) is 3. The SMILES string of the molecule is Cc1nn(C(C)C)c(NC(C2CC2)C2CC2)c1[N+](=O)[O-]. The van der Waals surface area contributed by atoms with Gasteiger partial charge in [0.25, 0.3) is 0 Å². The number of aryl methyl sites for hydroxylation is 1. The van der Waals surface area contributed by atoms with Crippen molar-refractivity contribution in [3.8, 4) is 0 Å². The van der Waals surface area contributed by atoms with E-state index in [1.165, 1.54) is 25.7 Å². The van der Waals surface area contributed by atoms with Gasteiger partial charge in [0, 0.05) is 12.1 Å². The lowest BCUT2D eigenvalue weighted by atomic mass is 10.1. The molecule has 0 atom stereocenters. The molecule has 2 aliphatic carbocycles. The largest absolute Gasteiger partial charge is 0.361 e. The third-order valence-corrected chi connectivity index (χ3v) is 4.29. The quantitative estimate of drug-likeness (QED) is 0.640. The Morgan fingerprint density at radius 2 is 1.85 bits per heavy atom. The fourth-order valence-corrected chi connectivity index (χ4v) is 2.95. The van der Waals surface area contributed by atoms with E-state index in [9.17, 15) is 10.1 Å². The minimum absolute atomic E-state index is 0.115. The number of aromatic nitrogens is 2. The van der Waals surface area contributed by atoms with Crippen molar-refractivity contribution in [2.45, 2.75) is 58.5 Å². The maximum atomic E-state index is 11.3. The maximum absolute atomic E-state index is 11.3. The Bertz CT molecular complexity index is 518. The number of anilines is 1. The fourth-order valence-electron chi connectivity index (χ4n) is 2.95. The van der Waals surface area contributed by atoms with Crippen LogP contribution in [0, 0.1) is 28.9 Å². The second-order valence-electron chi connectivity index (χ2n) is 6.42. The first-order valence-electron chi connectivity index (χ1n) is 7.49. The first kappa shape index (κ1) is 13.4. The molecule has 1 aromatic heterocycles. The van der Waals surface area contributed by atoms with Crippen LogP contribution in [0.25, 0.3) is 0 Å². The zero-order chi connectivity index (χ0) is 14.4. The van der Waals surface area contributed by atoms with Crippen molar-refractivity contribution in [3.05, 3.63) is 15.8 Å². The number of nitrogens with one attached hydrogen (secondary N) is 1. The first-order chi connectivity index (χ1) is 9.49. The second-order valence-corrected chi connectivity index (χ2v) is 6.42. The van der Waals surface area contributed by atoms with Gasteiger partial charge < -0.3 is 5.32 Å². The van der Waals surface area contributed by atoms with Crippen LogP contribution in [0.4, 0.5) is 11.5 Å². The van der Waals surface area contributed by atoms with Gasteiger partial charge in [-0.2, -0.15) is 5.10 Å². The van der Waals surface area contributed by atoms with E-state index in [0.717, 1.165) is 0 Å². The molecule has 3 rings (SSSR count). The Morgan fingerprint density at radius 3 is 2.25 bits per heavy atom. The predicted octanol–water partition coefficient (Wildman–Crippen LogP) is 3.28. The molecule has 0 aromatic carbocycles. The molecule has 20 heavy (non-hydrogen) atoms. The van der Waals surface area contributed by atoms with Gasteiger partial charge in [-0.25, -0.2) is 4.68 Å². The molecular weight excluding hydrogens is 256 g/mol. The van der Waals surface area contributed by atoms with Crippen molar-refractivity contribution in [2.24, 2.45) is 11.8 Å². The molecule has 0 aliphatic heterocycles. The molecule has 0 spiro atoms. The standard InChI is InChI=1S/C14H22N4O2/c1-8(2)17-14(13(18(19)20)9(3)16-17)15-12(10-4-5-10)11-6-7-11/h8,10-12,15H,4-7H2,1-3H3. The summed E-state index contributed by atoms with van der Waals surface area (Å²) in [5.74, 6) is 1.99. The van der Waals surface area contributed by atoms with Crippen molar-refractivity contribution < 1.29 is 4.92 Å². The molecule has 0 amide bonds. The van der Waals surface area contributed by atoms with Crippen LogP contribution < -0.4 is 5.32 Å². The molecule has 110 valence electrons. The fraction of sp³-hybridized carbons (Fsp3) is 0.786. The highest BCUT2D eigenvalue weighted by Gasteiger charge is 2.43. The van der Waals surface area contributed by atoms with Gasteiger partial charge in [-0.1, -0.05) is 0 Å². The lowest BCUT2D eigenvalue weighted by molar-refractivity contribution is -0.384. The molecule has 1 heterocycles. The monoisotopic (exact) mass is 278 g/mol. The van der Waals surface area contributed by atoms with Crippen LogP contribution in [0.15, 0.2) is 0 Å². The second kappa shape index (κ2) is 4.75. The van der Waals surface area contributed by atoms with Crippen molar-refractivity contribution in [1.29, 1.82) is 0 Å². The van der Waals surface area contributed by atoms with E-state index in [2.05, 4.69) is 10.4 Å². The lowest BCUT2D eigenvalue weighted by Crippen LogP contribution is -2.26. The van der Waals surface area contributed by atoms with Crippen LogP contribution in [0.2, 0.25) is 0 Å². The van der Waals surface area contributed by atoms with E-state index in [-0.39, 0.29) is 16.7 Å². The van der Waals surface area contributed by atoms with Crippen LogP contribution in [0.5, 0.6) is 0 Å². The van der Waals surface area contributed by atoms with Crippen LogP contribution in [-0.2, 0) is 0 Å². The Morgan fingerprint density at radius 1 is 1.30 bits per heavy atom. The minimum Gasteiger partial charge on any atom is -0.361 e. The molecule has 2 aliphatic rings. The van der Waals surface area contributed by atoms with E-state index in [4.69, 9.17) is 0 Å². The van der Waals surface area contributed by atoms with Gasteiger partial charge in [-0.15, -0.1) is 0 Å². The zero-order valence-corrected chi connectivity index (χ0v) is 12.3. The molecular formula is C14H22N4O2. The first-order valence-corrected chi connectivity index (χ1v) is 7.49. The molecule has 0 unspecified atom stereocenters. The van der Waals surface area contributed by atoms with Gasteiger partial charge in [-0.3, -0.25) is 10.1 Å². The summed E-state index contributed by atoms with van der Waals surface area (Å²) in [7, 11) is 0. The number of hydrogen-bond acceptors (Lipinski definition) is 4. The van der Waals surface area contributed by atoms with Crippen LogP contribution in [-0.4, -0.2) is 20.7 Å². The van der Waals surface area contributed by atoms with Crippen LogP contribution in [0.1, 0.15) is 51.3 Å². The van der Waals surface area contributed by atoms with Crippen molar-refractivity contribution >= 4 is 11.5 Å².